The van der Waals surface area contributed by atoms with Crippen molar-refractivity contribution in [2.24, 2.45) is 5.92 Å². The average Bonchev–Trinajstić information content (AvgIpc) is 2.19. The molecule has 0 spiro atoms. The van der Waals surface area contributed by atoms with Gasteiger partial charge in [-0.15, -0.1) is 0 Å². The maximum atomic E-state index is 11.1. The lowest BCUT2D eigenvalue weighted by Crippen LogP contribution is -2.06. The van der Waals surface area contributed by atoms with Gasteiger partial charge in [0.05, 0.1) is 6.61 Å². The summed E-state index contributed by atoms with van der Waals surface area (Å²) in [5, 5.41) is 0. The van der Waals surface area contributed by atoms with Crippen LogP contribution < -0.4 is 0 Å². The lowest BCUT2D eigenvalue weighted by molar-refractivity contribution is -0.272. The Morgan fingerprint density at radius 3 is 2.53 bits per heavy atom. The number of carbonyl (C=O) groups excluding carboxylic acids is 1. The van der Waals surface area contributed by atoms with Crippen LogP contribution in [-0.4, -0.2) is 12.6 Å². The van der Waals surface area contributed by atoms with Gasteiger partial charge in [0, 0.05) is 6.42 Å². The van der Waals surface area contributed by atoms with E-state index in [4.69, 9.17) is 4.89 Å². The second-order valence-electron chi connectivity index (χ2n) is 4.27. The number of unbranched alkanes of at least 4 members (excludes halogenated alkanes) is 2. The first-order valence-corrected chi connectivity index (χ1v) is 5.99. The highest BCUT2D eigenvalue weighted by Gasteiger charge is 2.04. The van der Waals surface area contributed by atoms with E-state index in [9.17, 15) is 4.79 Å². The Bertz CT molecular complexity index is 155. The van der Waals surface area contributed by atoms with Gasteiger partial charge in [0.15, 0.2) is 0 Å². The fraction of sp³-hybridized carbons (Fsp3) is 0.917. The summed E-state index contributed by atoms with van der Waals surface area (Å²) >= 11 is 0. The van der Waals surface area contributed by atoms with Gasteiger partial charge in [-0.05, 0) is 18.8 Å². The van der Waals surface area contributed by atoms with Gasteiger partial charge in [0.2, 0.25) is 0 Å². The van der Waals surface area contributed by atoms with Crippen LogP contribution in [0.25, 0.3) is 0 Å². The normalized spacial score (nSPS) is 10.7. The van der Waals surface area contributed by atoms with Gasteiger partial charge in [-0.1, -0.05) is 40.0 Å². The minimum atomic E-state index is -0.241. The van der Waals surface area contributed by atoms with Crippen molar-refractivity contribution in [3.8, 4) is 0 Å². The molecule has 3 heteroatoms. The topological polar surface area (TPSA) is 35.5 Å². The van der Waals surface area contributed by atoms with Crippen molar-refractivity contribution in [2.75, 3.05) is 6.61 Å². The van der Waals surface area contributed by atoms with E-state index in [2.05, 4.69) is 25.7 Å². The molecule has 0 saturated heterocycles. The largest absolute Gasteiger partial charge is 0.342 e. The maximum Gasteiger partial charge on any atom is 0.342 e. The molecule has 0 aromatic rings. The molecule has 0 aliphatic rings. The zero-order chi connectivity index (χ0) is 11.5. The summed E-state index contributed by atoms with van der Waals surface area (Å²) in [5.74, 6) is 0.469. The first-order chi connectivity index (χ1) is 7.16. The highest BCUT2D eigenvalue weighted by atomic mass is 17.2. The Morgan fingerprint density at radius 1 is 1.20 bits per heavy atom. The van der Waals surface area contributed by atoms with E-state index in [0.717, 1.165) is 25.7 Å². The van der Waals surface area contributed by atoms with Gasteiger partial charge in [-0.3, -0.25) is 4.89 Å². The van der Waals surface area contributed by atoms with Crippen molar-refractivity contribution in [3.05, 3.63) is 0 Å². The second kappa shape index (κ2) is 9.97. The number of rotatable bonds is 9. The summed E-state index contributed by atoms with van der Waals surface area (Å²) in [5.41, 5.74) is 0. The van der Waals surface area contributed by atoms with E-state index in [1.165, 1.54) is 6.42 Å². The summed E-state index contributed by atoms with van der Waals surface area (Å²) in [7, 11) is 0. The minimum absolute atomic E-state index is 0.241. The molecule has 0 aliphatic carbocycles. The van der Waals surface area contributed by atoms with Crippen LogP contribution in [0.15, 0.2) is 0 Å². The van der Waals surface area contributed by atoms with E-state index < -0.39 is 0 Å². The van der Waals surface area contributed by atoms with Crippen LogP contribution in [0.3, 0.4) is 0 Å². The average molecular weight is 216 g/mol. The zero-order valence-corrected chi connectivity index (χ0v) is 10.3. The lowest BCUT2D eigenvalue weighted by Gasteiger charge is -2.04. The van der Waals surface area contributed by atoms with Gasteiger partial charge < -0.3 is 0 Å². The Morgan fingerprint density at radius 2 is 1.93 bits per heavy atom. The standard InChI is InChI=1S/C12H24O3/c1-4-5-10-14-15-12(13)9-7-6-8-11(2)3/h11H,4-10H2,1-3H3. The molecule has 0 aromatic carbocycles. The molecular weight excluding hydrogens is 192 g/mol. The fourth-order valence-corrected chi connectivity index (χ4v) is 1.17. The number of hydrogen-bond acceptors (Lipinski definition) is 3. The van der Waals surface area contributed by atoms with E-state index in [-0.39, 0.29) is 5.97 Å². The second-order valence-corrected chi connectivity index (χ2v) is 4.27. The Balaban J connectivity index is 3.19. The first-order valence-electron chi connectivity index (χ1n) is 5.99. The molecule has 0 bridgehead atoms. The summed E-state index contributed by atoms with van der Waals surface area (Å²) in [6, 6.07) is 0. The third-order valence-electron chi connectivity index (χ3n) is 2.15. The van der Waals surface area contributed by atoms with Crippen molar-refractivity contribution < 1.29 is 14.6 Å². The van der Waals surface area contributed by atoms with E-state index in [1.807, 2.05) is 0 Å². The highest BCUT2D eigenvalue weighted by Crippen LogP contribution is 2.08. The Hall–Kier alpha value is -0.570. The molecular formula is C12H24O3. The molecule has 0 N–H and O–H groups in total. The third-order valence-corrected chi connectivity index (χ3v) is 2.15. The van der Waals surface area contributed by atoms with Gasteiger partial charge in [-0.2, -0.15) is 4.89 Å². The van der Waals surface area contributed by atoms with Gasteiger partial charge >= 0.3 is 5.97 Å². The fourth-order valence-electron chi connectivity index (χ4n) is 1.17. The smallest absolute Gasteiger partial charge is 0.298 e. The maximum absolute atomic E-state index is 11.1. The third kappa shape index (κ3) is 11.4. The molecule has 0 radical (unpaired) electrons. The SMILES string of the molecule is CCCCOOC(=O)CCCCC(C)C. The van der Waals surface area contributed by atoms with Crippen LogP contribution in [-0.2, 0) is 14.6 Å². The molecule has 0 unspecified atom stereocenters. The van der Waals surface area contributed by atoms with Gasteiger partial charge in [0.1, 0.15) is 0 Å². The molecule has 0 fully saturated rings. The molecule has 0 saturated carbocycles. The predicted octanol–water partition coefficient (Wildman–Crippen LogP) is 3.48. The molecule has 90 valence electrons. The van der Waals surface area contributed by atoms with Crippen LogP contribution >= 0.6 is 0 Å². The highest BCUT2D eigenvalue weighted by molar-refractivity contribution is 5.68. The molecule has 0 atom stereocenters. The number of hydrogen-bond donors (Lipinski definition) is 0. The predicted molar refractivity (Wildman–Crippen MR) is 60.3 cm³/mol. The van der Waals surface area contributed by atoms with Crippen molar-refractivity contribution in [2.45, 2.75) is 59.3 Å². The lowest BCUT2D eigenvalue weighted by atomic mass is 10.1. The minimum Gasteiger partial charge on any atom is -0.298 e. The number of carbonyl (C=O) groups is 1. The summed E-state index contributed by atoms with van der Waals surface area (Å²) < 4.78 is 0. The molecule has 15 heavy (non-hydrogen) atoms. The Kier molecular flexibility index (Phi) is 9.59. The zero-order valence-electron chi connectivity index (χ0n) is 10.3. The van der Waals surface area contributed by atoms with Crippen molar-refractivity contribution in [1.82, 2.24) is 0 Å². The summed E-state index contributed by atoms with van der Waals surface area (Å²) in [6.07, 6.45) is 5.60. The first kappa shape index (κ1) is 14.4. The molecule has 0 rings (SSSR count). The molecule has 0 aromatic heterocycles. The molecule has 3 nitrogen and oxygen atoms in total. The van der Waals surface area contributed by atoms with Crippen molar-refractivity contribution in [1.29, 1.82) is 0 Å². The summed E-state index contributed by atoms with van der Waals surface area (Å²) in [4.78, 5) is 20.5. The Labute approximate surface area is 93.1 Å². The molecule has 0 aliphatic heterocycles. The van der Waals surface area contributed by atoms with Crippen LogP contribution in [0.4, 0.5) is 0 Å². The monoisotopic (exact) mass is 216 g/mol. The van der Waals surface area contributed by atoms with E-state index in [1.54, 1.807) is 0 Å². The van der Waals surface area contributed by atoms with Gasteiger partial charge in [-0.25, -0.2) is 4.79 Å². The van der Waals surface area contributed by atoms with E-state index >= 15 is 0 Å². The quantitative estimate of drug-likeness (QED) is 0.336. The molecule has 0 heterocycles. The summed E-state index contributed by atoms with van der Waals surface area (Å²) in [6.45, 7) is 6.95. The van der Waals surface area contributed by atoms with Crippen LogP contribution in [0.1, 0.15) is 59.3 Å². The molecule has 0 amide bonds. The van der Waals surface area contributed by atoms with Crippen LogP contribution in [0.2, 0.25) is 0 Å². The van der Waals surface area contributed by atoms with E-state index in [0.29, 0.717) is 18.9 Å². The van der Waals surface area contributed by atoms with Crippen LogP contribution in [0.5, 0.6) is 0 Å². The van der Waals surface area contributed by atoms with Crippen molar-refractivity contribution >= 4 is 5.97 Å². The van der Waals surface area contributed by atoms with Gasteiger partial charge in [0.25, 0.3) is 0 Å². The van der Waals surface area contributed by atoms with Crippen molar-refractivity contribution in [3.63, 3.8) is 0 Å². The van der Waals surface area contributed by atoms with Crippen LogP contribution in [0, 0.1) is 5.92 Å².